The number of amides is 2. The van der Waals surface area contributed by atoms with Crippen LogP contribution in [0.5, 0.6) is 0 Å². The molecule has 2 aromatic rings. The SMILES string of the molecule is CC(C)CC(CNC(=O)CCCCNC(=O)OCC1c2ccccc2-c2ccccc21)CC(=O)O. The van der Waals surface area contributed by atoms with E-state index in [0.717, 1.165) is 6.42 Å². The number of alkyl carbamates (subject to hydrolysis) is 1. The first-order valence-electron chi connectivity index (χ1n) is 12.4. The highest BCUT2D eigenvalue weighted by molar-refractivity contribution is 5.79. The maximum atomic E-state index is 12.2. The van der Waals surface area contributed by atoms with Crippen LogP contribution in [0.4, 0.5) is 4.79 Å². The van der Waals surface area contributed by atoms with Gasteiger partial charge in [-0.2, -0.15) is 0 Å². The zero-order chi connectivity index (χ0) is 25.2. The van der Waals surface area contributed by atoms with Crippen LogP contribution in [0, 0.1) is 11.8 Å². The Hall–Kier alpha value is -3.35. The summed E-state index contributed by atoms with van der Waals surface area (Å²) >= 11 is 0. The second-order valence-electron chi connectivity index (χ2n) is 9.61. The average Bonchev–Trinajstić information content (AvgIpc) is 3.14. The third-order valence-corrected chi connectivity index (χ3v) is 6.30. The fourth-order valence-corrected chi connectivity index (χ4v) is 4.75. The van der Waals surface area contributed by atoms with E-state index in [1.165, 1.54) is 22.3 Å². The zero-order valence-corrected chi connectivity index (χ0v) is 20.6. The summed E-state index contributed by atoms with van der Waals surface area (Å²) in [6, 6.07) is 16.4. The summed E-state index contributed by atoms with van der Waals surface area (Å²) in [7, 11) is 0. The molecule has 2 aromatic carbocycles. The molecule has 0 fully saturated rings. The number of unbranched alkanes of at least 4 members (excludes halogenated alkanes) is 1. The fraction of sp³-hybridized carbons (Fsp3) is 0.464. The molecule has 1 unspecified atom stereocenters. The van der Waals surface area contributed by atoms with Crippen LogP contribution < -0.4 is 10.6 Å². The van der Waals surface area contributed by atoms with E-state index in [2.05, 4.69) is 34.9 Å². The van der Waals surface area contributed by atoms with Crippen LogP contribution in [0.1, 0.15) is 63.0 Å². The molecule has 0 saturated heterocycles. The van der Waals surface area contributed by atoms with Crippen LogP contribution in [-0.2, 0) is 14.3 Å². The van der Waals surface area contributed by atoms with Gasteiger partial charge in [0.1, 0.15) is 6.61 Å². The van der Waals surface area contributed by atoms with Crippen molar-refractivity contribution in [2.24, 2.45) is 11.8 Å². The number of carbonyl (C=O) groups excluding carboxylic acids is 2. The third-order valence-electron chi connectivity index (χ3n) is 6.30. The lowest BCUT2D eigenvalue weighted by Gasteiger charge is -2.17. The van der Waals surface area contributed by atoms with Crippen LogP contribution in [0.2, 0.25) is 0 Å². The van der Waals surface area contributed by atoms with Gasteiger partial charge in [-0.3, -0.25) is 9.59 Å². The number of fused-ring (bicyclic) bond motifs is 3. The minimum atomic E-state index is -0.843. The number of hydrogen-bond acceptors (Lipinski definition) is 4. The van der Waals surface area contributed by atoms with Gasteiger partial charge in [0.2, 0.25) is 5.91 Å². The second-order valence-corrected chi connectivity index (χ2v) is 9.61. The number of aliphatic carboxylic acids is 1. The molecule has 0 aliphatic heterocycles. The highest BCUT2D eigenvalue weighted by Crippen LogP contribution is 2.44. The molecule has 0 aromatic heterocycles. The van der Waals surface area contributed by atoms with Crippen molar-refractivity contribution >= 4 is 18.0 Å². The Kier molecular flexibility index (Phi) is 9.70. The molecule has 0 saturated carbocycles. The highest BCUT2D eigenvalue weighted by atomic mass is 16.5. The Bertz CT molecular complexity index is 974. The Labute approximate surface area is 207 Å². The quantitative estimate of drug-likeness (QED) is 0.352. The molecule has 7 heteroatoms. The lowest BCUT2D eigenvalue weighted by molar-refractivity contribution is -0.138. The largest absolute Gasteiger partial charge is 0.481 e. The van der Waals surface area contributed by atoms with Crippen molar-refractivity contribution in [3.63, 3.8) is 0 Å². The van der Waals surface area contributed by atoms with E-state index in [1.54, 1.807) is 0 Å². The molecule has 2 amide bonds. The van der Waals surface area contributed by atoms with Crippen LogP contribution in [0.15, 0.2) is 48.5 Å². The molecular formula is C28H36N2O5. The predicted octanol–water partition coefficient (Wildman–Crippen LogP) is 4.95. The molecule has 3 rings (SSSR count). The van der Waals surface area contributed by atoms with E-state index in [4.69, 9.17) is 9.84 Å². The van der Waals surface area contributed by atoms with E-state index < -0.39 is 12.1 Å². The number of benzene rings is 2. The van der Waals surface area contributed by atoms with Crippen molar-refractivity contribution in [2.75, 3.05) is 19.7 Å². The average molecular weight is 481 g/mol. The van der Waals surface area contributed by atoms with Crippen molar-refractivity contribution in [3.05, 3.63) is 59.7 Å². The number of nitrogens with one attached hydrogen (secondary N) is 2. The Morgan fingerprint density at radius 1 is 0.943 bits per heavy atom. The van der Waals surface area contributed by atoms with Crippen LogP contribution in [0.3, 0.4) is 0 Å². The van der Waals surface area contributed by atoms with E-state index >= 15 is 0 Å². The second kappa shape index (κ2) is 12.9. The molecule has 1 aliphatic rings. The first-order chi connectivity index (χ1) is 16.8. The smallest absolute Gasteiger partial charge is 0.407 e. The van der Waals surface area contributed by atoms with E-state index in [9.17, 15) is 14.4 Å². The molecule has 3 N–H and O–H groups in total. The molecule has 0 bridgehead atoms. The minimum absolute atomic E-state index is 0.0255. The molecule has 0 radical (unpaired) electrons. The van der Waals surface area contributed by atoms with Gasteiger partial charge in [0, 0.05) is 31.8 Å². The van der Waals surface area contributed by atoms with Gasteiger partial charge in [0.05, 0.1) is 0 Å². The molecule has 1 aliphatic carbocycles. The number of carbonyl (C=O) groups is 3. The summed E-state index contributed by atoms with van der Waals surface area (Å²) in [5.41, 5.74) is 4.72. The number of carboxylic acid groups (broad SMARTS) is 1. The summed E-state index contributed by atoms with van der Waals surface area (Å²) in [6.45, 7) is 5.16. The van der Waals surface area contributed by atoms with Gasteiger partial charge in [-0.1, -0.05) is 62.4 Å². The zero-order valence-electron chi connectivity index (χ0n) is 20.6. The highest BCUT2D eigenvalue weighted by Gasteiger charge is 2.28. The summed E-state index contributed by atoms with van der Waals surface area (Å²) in [4.78, 5) is 35.3. The first-order valence-corrected chi connectivity index (χ1v) is 12.4. The van der Waals surface area contributed by atoms with Gasteiger partial charge in [0.25, 0.3) is 0 Å². The van der Waals surface area contributed by atoms with Gasteiger partial charge in [-0.05, 0) is 53.4 Å². The molecular weight excluding hydrogens is 444 g/mol. The van der Waals surface area contributed by atoms with Gasteiger partial charge in [-0.15, -0.1) is 0 Å². The number of ether oxygens (including phenoxy) is 1. The molecule has 1 atom stereocenters. The Balaban J connectivity index is 1.33. The molecule has 35 heavy (non-hydrogen) atoms. The molecule has 0 spiro atoms. The Morgan fingerprint density at radius 2 is 1.57 bits per heavy atom. The summed E-state index contributed by atoms with van der Waals surface area (Å²) < 4.78 is 5.52. The van der Waals surface area contributed by atoms with Gasteiger partial charge >= 0.3 is 12.1 Å². The van der Waals surface area contributed by atoms with Crippen LogP contribution in [-0.4, -0.2) is 42.8 Å². The molecule has 188 valence electrons. The normalized spacial score (nSPS) is 13.1. The van der Waals surface area contributed by atoms with E-state index in [-0.39, 0.29) is 30.8 Å². The van der Waals surface area contributed by atoms with Crippen molar-refractivity contribution in [3.8, 4) is 11.1 Å². The lowest BCUT2D eigenvalue weighted by Crippen LogP contribution is -2.31. The van der Waals surface area contributed by atoms with Crippen LogP contribution >= 0.6 is 0 Å². The summed E-state index contributed by atoms with van der Waals surface area (Å²) in [6.07, 6.45) is 1.99. The maximum absolute atomic E-state index is 12.2. The van der Waals surface area contributed by atoms with Crippen molar-refractivity contribution in [1.29, 1.82) is 0 Å². The van der Waals surface area contributed by atoms with E-state index in [1.807, 2.05) is 38.1 Å². The monoisotopic (exact) mass is 480 g/mol. The third kappa shape index (κ3) is 7.84. The predicted molar refractivity (Wildman–Crippen MR) is 135 cm³/mol. The van der Waals surface area contributed by atoms with Gasteiger partial charge < -0.3 is 20.5 Å². The Morgan fingerprint density at radius 3 is 2.17 bits per heavy atom. The van der Waals surface area contributed by atoms with Crippen molar-refractivity contribution in [1.82, 2.24) is 10.6 Å². The first kappa shape index (κ1) is 26.3. The van der Waals surface area contributed by atoms with Crippen LogP contribution in [0.25, 0.3) is 11.1 Å². The number of carboxylic acids is 1. The minimum Gasteiger partial charge on any atom is -0.481 e. The molecule has 7 nitrogen and oxygen atoms in total. The standard InChI is InChI=1S/C28H36N2O5/c1-19(2)15-20(16-27(32)33)17-30-26(31)13-7-8-14-29-28(34)35-18-25-23-11-5-3-9-21(23)22-10-4-6-12-24(22)25/h3-6,9-12,19-20,25H,7-8,13-18H2,1-2H3,(H,29,34)(H,30,31)(H,32,33). The van der Waals surface area contributed by atoms with E-state index in [0.29, 0.717) is 38.3 Å². The van der Waals surface area contributed by atoms with Gasteiger partial charge in [-0.25, -0.2) is 4.79 Å². The number of rotatable bonds is 13. The maximum Gasteiger partial charge on any atom is 0.407 e. The molecule has 0 heterocycles. The van der Waals surface area contributed by atoms with Crippen molar-refractivity contribution < 1.29 is 24.2 Å². The lowest BCUT2D eigenvalue weighted by atomic mass is 9.94. The fourth-order valence-electron chi connectivity index (χ4n) is 4.75. The summed E-state index contributed by atoms with van der Waals surface area (Å²) in [5.74, 6) is -0.598. The summed E-state index contributed by atoms with van der Waals surface area (Å²) in [5, 5.41) is 14.6. The number of hydrogen-bond donors (Lipinski definition) is 3. The van der Waals surface area contributed by atoms with Gasteiger partial charge in [0.15, 0.2) is 0 Å². The topological polar surface area (TPSA) is 105 Å². The van der Waals surface area contributed by atoms with Crippen molar-refractivity contribution in [2.45, 2.75) is 51.9 Å².